The average Bonchev–Trinajstić information content (AvgIpc) is 3.27. The van der Waals surface area contributed by atoms with E-state index in [9.17, 15) is 27.6 Å². The van der Waals surface area contributed by atoms with Crippen LogP contribution in [0.1, 0.15) is 55.5 Å². The molecule has 2 amide bonds. The SMILES string of the molecule is C=C(/C=C(\C(Cl)=C/C)C(F)(F)F)NC(=O)c1cnc(C(C)NC(=O)c2cc(C(=O)O)ncn2)s1. The van der Waals surface area contributed by atoms with Crippen molar-refractivity contribution in [2.75, 3.05) is 0 Å². The van der Waals surface area contributed by atoms with Gasteiger partial charge in [-0.05, 0) is 19.9 Å². The first kappa shape index (κ1) is 26.7. The van der Waals surface area contributed by atoms with E-state index >= 15 is 0 Å². The number of rotatable bonds is 8. The van der Waals surface area contributed by atoms with Gasteiger partial charge in [-0.25, -0.2) is 19.7 Å². The number of nitrogens with one attached hydrogen (secondary N) is 2. The Hall–Kier alpha value is -3.58. The second kappa shape index (κ2) is 11.0. The third-order valence-corrected chi connectivity index (χ3v) is 5.59. The Bertz CT molecular complexity index is 1190. The molecule has 1 unspecified atom stereocenters. The molecule has 0 aliphatic heterocycles. The lowest BCUT2D eigenvalue weighted by Crippen LogP contribution is -2.27. The lowest BCUT2D eigenvalue weighted by atomic mass is 10.2. The molecular weight excluding hydrogens is 499 g/mol. The van der Waals surface area contributed by atoms with E-state index in [1.165, 1.54) is 13.1 Å². The largest absolute Gasteiger partial charge is 0.477 e. The van der Waals surface area contributed by atoms with Crippen LogP contribution in [0.2, 0.25) is 0 Å². The van der Waals surface area contributed by atoms with Gasteiger partial charge in [-0.1, -0.05) is 24.3 Å². The van der Waals surface area contributed by atoms with E-state index in [2.05, 4.69) is 32.2 Å². The van der Waals surface area contributed by atoms with Crippen LogP contribution in [0, 0.1) is 0 Å². The molecule has 0 aromatic carbocycles. The molecule has 1 atom stereocenters. The van der Waals surface area contributed by atoms with Crippen molar-refractivity contribution < 1.29 is 32.7 Å². The minimum atomic E-state index is -4.75. The number of allylic oxidation sites excluding steroid dienone is 4. The zero-order valence-electron chi connectivity index (χ0n) is 17.6. The number of amides is 2. The number of carbonyl (C=O) groups excluding carboxylic acids is 2. The summed E-state index contributed by atoms with van der Waals surface area (Å²) in [5, 5.41) is 13.5. The highest BCUT2D eigenvalue weighted by Gasteiger charge is 2.35. The van der Waals surface area contributed by atoms with E-state index in [0.29, 0.717) is 11.1 Å². The van der Waals surface area contributed by atoms with Crippen LogP contribution in [0.4, 0.5) is 13.2 Å². The van der Waals surface area contributed by atoms with Crippen molar-refractivity contribution in [1.82, 2.24) is 25.6 Å². The van der Waals surface area contributed by atoms with Gasteiger partial charge in [-0.3, -0.25) is 9.59 Å². The first-order valence-corrected chi connectivity index (χ1v) is 10.5. The number of thiazole rings is 1. The number of aromatic nitrogens is 3. The minimum absolute atomic E-state index is 0.0477. The van der Waals surface area contributed by atoms with Crippen molar-refractivity contribution >= 4 is 40.7 Å². The Kier molecular flexibility index (Phi) is 8.65. The van der Waals surface area contributed by atoms with Crippen LogP contribution < -0.4 is 10.6 Å². The fraction of sp³-hybridized carbons (Fsp3) is 0.200. The number of halogens is 4. The molecule has 3 N–H and O–H groups in total. The lowest BCUT2D eigenvalue weighted by molar-refractivity contribution is -0.0887. The molecule has 9 nitrogen and oxygen atoms in total. The highest BCUT2D eigenvalue weighted by atomic mass is 35.5. The van der Waals surface area contributed by atoms with E-state index in [4.69, 9.17) is 16.7 Å². The van der Waals surface area contributed by atoms with Crippen LogP contribution in [0.25, 0.3) is 0 Å². The molecule has 0 saturated carbocycles. The summed E-state index contributed by atoms with van der Waals surface area (Å²) in [6, 6.07) is 0.301. The van der Waals surface area contributed by atoms with Crippen molar-refractivity contribution in [1.29, 1.82) is 0 Å². The maximum Gasteiger partial charge on any atom is 0.417 e. The Morgan fingerprint density at radius 2 is 1.85 bits per heavy atom. The number of carboxylic acids is 1. The van der Waals surface area contributed by atoms with Gasteiger partial charge in [0, 0.05) is 16.8 Å². The molecule has 2 aromatic heterocycles. The van der Waals surface area contributed by atoms with Gasteiger partial charge in [-0.15, -0.1) is 11.3 Å². The highest BCUT2D eigenvalue weighted by Crippen LogP contribution is 2.33. The molecule has 0 radical (unpaired) electrons. The lowest BCUT2D eigenvalue weighted by Gasteiger charge is -2.12. The van der Waals surface area contributed by atoms with Crippen molar-refractivity contribution in [3.8, 4) is 0 Å². The van der Waals surface area contributed by atoms with Gasteiger partial charge in [0.25, 0.3) is 11.8 Å². The molecule has 0 aliphatic carbocycles. The van der Waals surface area contributed by atoms with Gasteiger partial charge in [0.05, 0.1) is 17.8 Å². The second-order valence-electron chi connectivity index (χ2n) is 6.52. The molecule has 14 heteroatoms. The first-order valence-electron chi connectivity index (χ1n) is 9.26. The molecule has 34 heavy (non-hydrogen) atoms. The minimum Gasteiger partial charge on any atom is -0.477 e. The fourth-order valence-electron chi connectivity index (χ4n) is 2.38. The number of hydrogen-bond acceptors (Lipinski definition) is 7. The summed E-state index contributed by atoms with van der Waals surface area (Å²) in [6.45, 7) is 6.30. The van der Waals surface area contributed by atoms with Crippen LogP contribution >= 0.6 is 22.9 Å². The van der Waals surface area contributed by atoms with Gasteiger partial charge in [-0.2, -0.15) is 13.2 Å². The maximum absolute atomic E-state index is 13.1. The maximum atomic E-state index is 13.1. The number of carboxylic acid groups (broad SMARTS) is 1. The molecule has 2 rings (SSSR count). The number of nitrogens with zero attached hydrogens (tertiary/aromatic N) is 3. The fourth-order valence-corrected chi connectivity index (χ4v) is 3.36. The van der Waals surface area contributed by atoms with Gasteiger partial charge >= 0.3 is 12.1 Å². The smallest absolute Gasteiger partial charge is 0.417 e. The summed E-state index contributed by atoms with van der Waals surface area (Å²) >= 11 is 6.49. The third kappa shape index (κ3) is 6.96. The number of aromatic carboxylic acids is 1. The summed E-state index contributed by atoms with van der Waals surface area (Å²) < 4.78 is 39.4. The predicted octanol–water partition coefficient (Wildman–Crippen LogP) is 4.00. The van der Waals surface area contributed by atoms with Crippen LogP contribution in [0.3, 0.4) is 0 Å². The predicted molar refractivity (Wildman–Crippen MR) is 117 cm³/mol. The van der Waals surface area contributed by atoms with E-state index in [1.54, 1.807) is 6.92 Å². The van der Waals surface area contributed by atoms with Crippen LogP contribution in [-0.4, -0.2) is 44.0 Å². The zero-order valence-corrected chi connectivity index (χ0v) is 19.2. The molecule has 0 saturated heterocycles. The molecule has 180 valence electrons. The zero-order chi connectivity index (χ0) is 25.6. The molecule has 2 aromatic rings. The number of carbonyl (C=O) groups is 3. The number of alkyl halides is 3. The van der Waals surface area contributed by atoms with Gasteiger partial charge in [0.15, 0.2) is 5.69 Å². The second-order valence-corrected chi connectivity index (χ2v) is 7.99. The highest BCUT2D eigenvalue weighted by molar-refractivity contribution is 7.13. The van der Waals surface area contributed by atoms with Crippen molar-refractivity contribution in [3.05, 3.63) is 74.9 Å². The summed E-state index contributed by atoms with van der Waals surface area (Å²) in [5.74, 6) is -2.78. The van der Waals surface area contributed by atoms with E-state index in [-0.39, 0.29) is 22.0 Å². The summed E-state index contributed by atoms with van der Waals surface area (Å²) in [4.78, 5) is 47.0. The van der Waals surface area contributed by atoms with Gasteiger partial charge in [0.2, 0.25) is 0 Å². The topological polar surface area (TPSA) is 134 Å². The Balaban J connectivity index is 2.09. The average molecular weight is 516 g/mol. The van der Waals surface area contributed by atoms with Crippen molar-refractivity contribution in [2.45, 2.75) is 26.1 Å². The van der Waals surface area contributed by atoms with Crippen molar-refractivity contribution in [2.24, 2.45) is 0 Å². The van der Waals surface area contributed by atoms with E-state index in [1.807, 2.05) is 0 Å². The van der Waals surface area contributed by atoms with Gasteiger partial charge < -0.3 is 15.7 Å². The molecule has 0 fully saturated rings. The standard InChI is InChI=1S/C20H17ClF3N5O4S/c1-4-12(21)11(20(22,23)24)5-9(2)28-17(31)15-7-25-18(34-15)10(3)29-16(30)13-6-14(19(32)33)27-8-26-13/h4-8,10H,2H2,1,3H3,(H,28,31)(H,29,30)(H,32,33)/b11-5+,12-4+. The van der Waals surface area contributed by atoms with Crippen LogP contribution in [0.15, 0.2) is 53.6 Å². The quantitative estimate of drug-likeness (QED) is 0.452. The number of hydrogen-bond donors (Lipinski definition) is 3. The first-order chi connectivity index (χ1) is 15.8. The summed E-state index contributed by atoms with van der Waals surface area (Å²) in [7, 11) is 0. The molecular formula is C20H17ClF3N5O4S. The Labute approximate surface area is 200 Å². The summed E-state index contributed by atoms with van der Waals surface area (Å²) in [6.07, 6.45) is -0.962. The van der Waals surface area contributed by atoms with E-state index in [0.717, 1.165) is 29.8 Å². The normalized spacial score (nSPS) is 13.2. The molecule has 2 heterocycles. The molecule has 0 bridgehead atoms. The Morgan fingerprint density at radius 1 is 1.21 bits per heavy atom. The van der Waals surface area contributed by atoms with Crippen molar-refractivity contribution in [3.63, 3.8) is 0 Å². The monoisotopic (exact) mass is 515 g/mol. The van der Waals surface area contributed by atoms with Gasteiger partial charge in [0.1, 0.15) is 21.9 Å². The molecule has 0 aliphatic rings. The Morgan fingerprint density at radius 3 is 2.44 bits per heavy atom. The molecule has 0 spiro atoms. The van der Waals surface area contributed by atoms with Crippen LogP contribution in [-0.2, 0) is 0 Å². The van der Waals surface area contributed by atoms with E-state index < -0.39 is 40.6 Å². The van der Waals surface area contributed by atoms with Crippen LogP contribution in [0.5, 0.6) is 0 Å². The third-order valence-electron chi connectivity index (χ3n) is 3.99. The summed E-state index contributed by atoms with van der Waals surface area (Å²) in [5.41, 5.74) is -2.05.